The van der Waals surface area contributed by atoms with Crippen molar-refractivity contribution in [3.05, 3.63) is 48.4 Å². The first kappa shape index (κ1) is 17.1. The third kappa shape index (κ3) is 4.62. The molecule has 2 N–H and O–H groups in total. The summed E-state index contributed by atoms with van der Waals surface area (Å²) in [5.41, 5.74) is 1.04. The second-order valence-corrected chi connectivity index (χ2v) is 6.25. The van der Waals surface area contributed by atoms with Crippen LogP contribution in [0.5, 0.6) is 5.75 Å². The Balaban J connectivity index is 1.50. The first-order valence-corrected chi connectivity index (χ1v) is 8.52. The summed E-state index contributed by atoms with van der Waals surface area (Å²) in [5.74, 6) is 0.171. The van der Waals surface area contributed by atoms with Crippen LogP contribution in [0.15, 0.2) is 47.3 Å². The van der Waals surface area contributed by atoms with Crippen LogP contribution in [0.3, 0.4) is 0 Å². The quantitative estimate of drug-likeness (QED) is 0.843. The van der Waals surface area contributed by atoms with Crippen molar-refractivity contribution >= 4 is 17.5 Å². The van der Waals surface area contributed by atoms with Gasteiger partial charge in [-0.1, -0.05) is 0 Å². The summed E-state index contributed by atoms with van der Waals surface area (Å²) in [5, 5.41) is 5.41. The SMILES string of the molecule is C[C@H](NC(=O)c1ccoc1)C(=O)Nc1ccc(OC2CCCC2)cc1. The fraction of sp³-hybridized carbons (Fsp3) is 0.368. The number of carbonyl (C=O) groups excluding carboxylic acids is 2. The largest absolute Gasteiger partial charge is 0.490 e. The number of nitrogens with one attached hydrogen (secondary N) is 2. The molecule has 0 radical (unpaired) electrons. The number of amides is 2. The third-order valence-corrected chi connectivity index (χ3v) is 4.25. The lowest BCUT2D eigenvalue weighted by Gasteiger charge is -2.15. The van der Waals surface area contributed by atoms with E-state index in [1.54, 1.807) is 25.1 Å². The van der Waals surface area contributed by atoms with Crippen molar-refractivity contribution in [3.63, 3.8) is 0 Å². The zero-order chi connectivity index (χ0) is 17.6. The standard InChI is InChI=1S/C19H22N2O4/c1-13(20-19(23)14-10-11-24-12-14)18(22)21-15-6-8-17(9-7-15)25-16-4-2-3-5-16/h6-13,16H,2-5H2,1H3,(H,20,23)(H,21,22)/t13-/m0/s1. The summed E-state index contributed by atoms with van der Waals surface area (Å²) >= 11 is 0. The molecular weight excluding hydrogens is 320 g/mol. The number of rotatable bonds is 6. The number of benzene rings is 1. The molecule has 25 heavy (non-hydrogen) atoms. The van der Waals surface area contributed by atoms with E-state index in [1.807, 2.05) is 12.1 Å². The van der Waals surface area contributed by atoms with Gasteiger partial charge in [0.05, 0.1) is 17.9 Å². The Morgan fingerprint density at radius 1 is 1.16 bits per heavy atom. The van der Waals surface area contributed by atoms with Gasteiger partial charge in [0.15, 0.2) is 0 Å². The summed E-state index contributed by atoms with van der Waals surface area (Å²) in [4.78, 5) is 24.1. The Labute approximate surface area is 146 Å². The van der Waals surface area contributed by atoms with Crippen LogP contribution in [0.1, 0.15) is 43.0 Å². The Bertz CT molecular complexity index is 704. The lowest BCUT2D eigenvalue weighted by Crippen LogP contribution is -2.41. The smallest absolute Gasteiger partial charge is 0.255 e. The van der Waals surface area contributed by atoms with Gasteiger partial charge in [0.25, 0.3) is 5.91 Å². The number of hydrogen-bond acceptors (Lipinski definition) is 4. The third-order valence-electron chi connectivity index (χ3n) is 4.25. The van der Waals surface area contributed by atoms with Gasteiger partial charge in [-0.3, -0.25) is 9.59 Å². The number of ether oxygens (including phenoxy) is 1. The van der Waals surface area contributed by atoms with E-state index in [1.165, 1.54) is 25.4 Å². The predicted octanol–water partition coefficient (Wildman–Crippen LogP) is 3.36. The van der Waals surface area contributed by atoms with Gasteiger partial charge >= 0.3 is 0 Å². The second kappa shape index (κ2) is 7.88. The van der Waals surface area contributed by atoms with Gasteiger partial charge in [-0.05, 0) is 62.9 Å². The molecule has 1 aromatic carbocycles. The van der Waals surface area contributed by atoms with Crippen LogP contribution in [0.2, 0.25) is 0 Å². The van der Waals surface area contributed by atoms with E-state index in [2.05, 4.69) is 10.6 Å². The van der Waals surface area contributed by atoms with Gasteiger partial charge in [-0.15, -0.1) is 0 Å². The van der Waals surface area contributed by atoms with Crippen LogP contribution in [0, 0.1) is 0 Å². The van der Waals surface area contributed by atoms with Gasteiger partial charge in [-0.2, -0.15) is 0 Å². The Morgan fingerprint density at radius 3 is 2.52 bits per heavy atom. The highest BCUT2D eigenvalue weighted by atomic mass is 16.5. The van der Waals surface area contributed by atoms with Gasteiger partial charge in [-0.25, -0.2) is 0 Å². The van der Waals surface area contributed by atoms with E-state index in [4.69, 9.17) is 9.15 Å². The molecule has 1 fully saturated rings. The molecule has 6 heteroatoms. The van der Waals surface area contributed by atoms with E-state index in [9.17, 15) is 9.59 Å². The molecule has 3 rings (SSSR count). The van der Waals surface area contributed by atoms with Gasteiger partial charge in [0, 0.05) is 5.69 Å². The maximum Gasteiger partial charge on any atom is 0.255 e. The molecule has 1 aliphatic rings. The normalized spacial score (nSPS) is 15.6. The van der Waals surface area contributed by atoms with E-state index >= 15 is 0 Å². The molecule has 0 saturated heterocycles. The number of anilines is 1. The van der Waals surface area contributed by atoms with Crippen molar-refractivity contribution in [1.29, 1.82) is 0 Å². The predicted molar refractivity (Wildman–Crippen MR) is 93.6 cm³/mol. The fourth-order valence-corrected chi connectivity index (χ4v) is 2.81. The fourth-order valence-electron chi connectivity index (χ4n) is 2.81. The first-order valence-electron chi connectivity index (χ1n) is 8.52. The molecule has 1 atom stereocenters. The van der Waals surface area contributed by atoms with Crippen molar-refractivity contribution < 1.29 is 18.7 Å². The highest BCUT2D eigenvalue weighted by molar-refractivity contribution is 6.00. The molecule has 0 unspecified atom stereocenters. The highest BCUT2D eigenvalue weighted by Crippen LogP contribution is 2.25. The average molecular weight is 342 g/mol. The Kier molecular flexibility index (Phi) is 5.38. The van der Waals surface area contributed by atoms with Crippen molar-refractivity contribution in [2.24, 2.45) is 0 Å². The lowest BCUT2D eigenvalue weighted by molar-refractivity contribution is -0.117. The molecule has 0 aliphatic heterocycles. The van der Waals surface area contributed by atoms with Crippen LogP contribution in [0.25, 0.3) is 0 Å². The van der Waals surface area contributed by atoms with Crippen molar-refractivity contribution in [2.45, 2.75) is 44.8 Å². The number of furan rings is 1. The molecule has 0 spiro atoms. The number of hydrogen-bond donors (Lipinski definition) is 2. The van der Waals surface area contributed by atoms with Crippen LogP contribution in [-0.2, 0) is 4.79 Å². The summed E-state index contributed by atoms with van der Waals surface area (Å²) in [6.07, 6.45) is 7.71. The van der Waals surface area contributed by atoms with E-state index in [0.717, 1.165) is 18.6 Å². The lowest BCUT2D eigenvalue weighted by atomic mass is 10.2. The molecule has 1 aromatic heterocycles. The molecule has 1 aliphatic carbocycles. The monoisotopic (exact) mass is 342 g/mol. The summed E-state index contributed by atoms with van der Waals surface area (Å²) < 4.78 is 10.8. The molecule has 2 aromatic rings. The minimum absolute atomic E-state index is 0.290. The Morgan fingerprint density at radius 2 is 1.88 bits per heavy atom. The van der Waals surface area contributed by atoms with Gasteiger partial charge < -0.3 is 19.8 Å². The van der Waals surface area contributed by atoms with Crippen LogP contribution >= 0.6 is 0 Å². The summed E-state index contributed by atoms with van der Waals surface area (Å²) in [6, 6.07) is 8.17. The minimum atomic E-state index is -0.670. The minimum Gasteiger partial charge on any atom is -0.490 e. The van der Waals surface area contributed by atoms with Crippen molar-refractivity contribution in [3.8, 4) is 5.75 Å². The van der Waals surface area contributed by atoms with Gasteiger partial charge in [0.2, 0.25) is 5.91 Å². The maximum atomic E-state index is 12.2. The number of carbonyl (C=O) groups is 2. The van der Waals surface area contributed by atoms with E-state index < -0.39 is 6.04 Å². The van der Waals surface area contributed by atoms with Crippen molar-refractivity contribution in [2.75, 3.05) is 5.32 Å². The zero-order valence-corrected chi connectivity index (χ0v) is 14.2. The van der Waals surface area contributed by atoms with Crippen molar-refractivity contribution in [1.82, 2.24) is 5.32 Å². The molecule has 2 amide bonds. The molecule has 1 saturated carbocycles. The summed E-state index contributed by atoms with van der Waals surface area (Å²) in [6.45, 7) is 1.63. The van der Waals surface area contributed by atoms with Crippen LogP contribution in [0.4, 0.5) is 5.69 Å². The topological polar surface area (TPSA) is 80.6 Å². The Hall–Kier alpha value is -2.76. The van der Waals surface area contributed by atoms with Gasteiger partial charge in [0.1, 0.15) is 18.1 Å². The second-order valence-electron chi connectivity index (χ2n) is 6.25. The van der Waals surface area contributed by atoms with E-state index in [-0.39, 0.29) is 11.8 Å². The van der Waals surface area contributed by atoms with Crippen LogP contribution < -0.4 is 15.4 Å². The first-order chi connectivity index (χ1) is 12.1. The summed E-state index contributed by atoms with van der Waals surface area (Å²) in [7, 11) is 0. The van der Waals surface area contributed by atoms with Crippen LogP contribution in [-0.4, -0.2) is 24.0 Å². The molecule has 6 nitrogen and oxygen atoms in total. The average Bonchev–Trinajstić information content (AvgIpc) is 3.30. The highest BCUT2D eigenvalue weighted by Gasteiger charge is 2.18. The maximum absolute atomic E-state index is 12.2. The van der Waals surface area contributed by atoms with E-state index in [0.29, 0.717) is 17.4 Å². The molecule has 0 bridgehead atoms. The zero-order valence-electron chi connectivity index (χ0n) is 14.2. The molecular formula is C19H22N2O4. The molecule has 1 heterocycles. The molecule has 132 valence electrons.